The van der Waals surface area contributed by atoms with Crippen LogP contribution < -0.4 is 4.57 Å². The molecule has 0 unspecified atom stereocenters. The fraction of sp³-hybridized carbons (Fsp3) is 0.250. The maximum Gasteiger partial charge on any atom is 0.261 e. The van der Waals surface area contributed by atoms with Crippen molar-refractivity contribution in [3.05, 3.63) is 64.7 Å². The normalized spacial score (nSPS) is 13.7. The maximum absolute atomic E-state index is 12.4. The summed E-state index contributed by atoms with van der Waals surface area (Å²) in [6, 6.07) is 15.5. The van der Waals surface area contributed by atoms with Crippen molar-refractivity contribution >= 4 is 33.4 Å². The van der Waals surface area contributed by atoms with Crippen molar-refractivity contribution in [3.63, 3.8) is 0 Å². The van der Waals surface area contributed by atoms with Gasteiger partial charge in [-0.3, -0.25) is 14.5 Å². The molecular weight excluding hydrogens is 332 g/mol. The lowest BCUT2D eigenvalue weighted by Gasteiger charge is -2.12. The van der Waals surface area contributed by atoms with Gasteiger partial charge in [0.2, 0.25) is 10.5 Å². The van der Waals surface area contributed by atoms with Crippen LogP contribution >= 0.6 is 11.3 Å². The summed E-state index contributed by atoms with van der Waals surface area (Å²) in [5.74, 6) is -0.323. The zero-order valence-electron chi connectivity index (χ0n) is 14.1. The summed E-state index contributed by atoms with van der Waals surface area (Å²) < 4.78 is 3.61. The minimum Gasteiger partial charge on any atom is -0.274 e. The van der Waals surface area contributed by atoms with Crippen LogP contribution in [0.5, 0.6) is 0 Å². The van der Waals surface area contributed by atoms with Crippen LogP contribution in [0.3, 0.4) is 0 Å². The van der Waals surface area contributed by atoms with Gasteiger partial charge in [-0.15, -0.1) is 0 Å². The second kappa shape index (κ2) is 6.41. The summed E-state index contributed by atoms with van der Waals surface area (Å²) in [4.78, 5) is 26.1. The van der Waals surface area contributed by atoms with E-state index in [9.17, 15) is 9.59 Å². The average molecular weight is 351 g/mol. The first-order chi connectivity index (χ1) is 12.2. The molecule has 1 aliphatic rings. The second-order valence-electron chi connectivity index (χ2n) is 6.26. The minimum atomic E-state index is -0.162. The van der Waals surface area contributed by atoms with Crippen LogP contribution in [0.2, 0.25) is 0 Å². The number of fused-ring (bicyclic) bond motifs is 2. The highest BCUT2D eigenvalue weighted by atomic mass is 32.1. The maximum atomic E-state index is 12.4. The third-order valence-electron chi connectivity index (χ3n) is 4.69. The van der Waals surface area contributed by atoms with Crippen molar-refractivity contribution < 1.29 is 14.2 Å². The number of benzene rings is 2. The Morgan fingerprint density at radius 1 is 0.920 bits per heavy atom. The highest BCUT2D eigenvalue weighted by Crippen LogP contribution is 2.23. The number of amides is 2. The van der Waals surface area contributed by atoms with Gasteiger partial charge in [-0.2, -0.15) is 4.57 Å². The van der Waals surface area contributed by atoms with Crippen LogP contribution in [0.4, 0.5) is 0 Å². The van der Waals surface area contributed by atoms with Gasteiger partial charge in [0.25, 0.3) is 11.8 Å². The third kappa shape index (κ3) is 2.74. The van der Waals surface area contributed by atoms with E-state index >= 15 is 0 Å². The molecule has 0 saturated carbocycles. The second-order valence-corrected chi connectivity index (χ2v) is 7.49. The molecule has 0 N–H and O–H groups in total. The molecular formula is C20H19N2O2S+. The summed E-state index contributed by atoms with van der Waals surface area (Å²) in [6.45, 7) is 3.52. The van der Waals surface area contributed by atoms with Crippen LogP contribution in [0.25, 0.3) is 10.2 Å². The van der Waals surface area contributed by atoms with E-state index in [0.717, 1.165) is 19.4 Å². The summed E-state index contributed by atoms with van der Waals surface area (Å²) >= 11 is 1.80. The first-order valence-electron chi connectivity index (χ1n) is 8.50. The van der Waals surface area contributed by atoms with Crippen LogP contribution in [-0.4, -0.2) is 23.3 Å². The number of thiazole rings is 1. The lowest BCUT2D eigenvalue weighted by atomic mass is 10.1. The monoisotopic (exact) mass is 351 g/mol. The standard InChI is InChI=1S/C20H19N2O2S/c1-14-21(17-10-4-5-11-18(17)25-14)12-6-7-13-22-19(23)15-8-2-3-9-16(15)20(22)24/h2-5,8-11H,6-7,12-13H2,1H3/q+1. The molecule has 4 nitrogen and oxygen atoms in total. The Balaban J connectivity index is 1.40. The number of para-hydroxylation sites is 1. The molecule has 0 aliphatic carbocycles. The summed E-state index contributed by atoms with van der Waals surface area (Å²) in [7, 11) is 0. The van der Waals surface area contributed by atoms with Gasteiger partial charge in [0, 0.05) is 26.0 Å². The molecule has 25 heavy (non-hydrogen) atoms. The molecule has 2 aromatic carbocycles. The number of hydrogen-bond donors (Lipinski definition) is 0. The number of hydrogen-bond acceptors (Lipinski definition) is 3. The Kier molecular flexibility index (Phi) is 4.09. The average Bonchev–Trinajstić information content (AvgIpc) is 3.07. The molecule has 1 aromatic heterocycles. The number of carbonyl (C=O) groups is 2. The smallest absolute Gasteiger partial charge is 0.261 e. The van der Waals surface area contributed by atoms with Crippen molar-refractivity contribution in [2.45, 2.75) is 26.3 Å². The van der Waals surface area contributed by atoms with E-state index in [1.54, 1.807) is 35.6 Å². The number of aryl methyl sites for hydroxylation is 2. The molecule has 2 heterocycles. The van der Waals surface area contributed by atoms with E-state index in [1.165, 1.54) is 20.1 Å². The van der Waals surface area contributed by atoms with Gasteiger partial charge < -0.3 is 0 Å². The SMILES string of the molecule is Cc1sc2ccccc2[n+]1CCCCN1C(=O)c2ccccc2C1=O. The predicted octanol–water partition coefficient (Wildman–Crippen LogP) is 3.57. The topological polar surface area (TPSA) is 41.3 Å². The molecule has 1 aliphatic heterocycles. The van der Waals surface area contributed by atoms with E-state index < -0.39 is 0 Å². The fourth-order valence-electron chi connectivity index (χ4n) is 3.41. The highest BCUT2D eigenvalue weighted by Gasteiger charge is 2.34. The van der Waals surface area contributed by atoms with Gasteiger partial charge >= 0.3 is 0 Å². The third-order valence-corrected chi connectivity index (χ3v) is 5.77. The zero-order chi connectivity index (χ0) is 17.4. The summed E-state index contributed by atoms with van der Waals surface area (Å²) in [5, 5.41) is 1.28. The molecule has 0 atom stereocenters. The number of aromatic nitrogens is 1. The van der Waals surface area contributed by atoms with E-state index in [2.05, 4.69) is 35.8 Å². The Hall–Kier alpha value is -2.53. The minimum absolute atomic E-state index is 0.162. The fourth-order valence-corrected chi connectivity index (χ4v) is 4.46. The number of unbranched alkanes of at least 4 members (excludes halogenated alkanes) is 1. The quantitative estimate of drug-likeness (QED) is 0.401. The van der Waals surface area contributed by atoms with Gasteiger partial charge in [0.15, 0.2) is 0 Å². The molecule has 4 rings (SSSR count). The van der Waals surface area contributed by atoms with Crippen molar-refractivity contribution in [1.29, 1.82) is 0 Å². The van der Waals surface area contributed by atoms with E-state index in [4.69, 9.17) is 0 Å². The van der Waals surface area contributed by atoms with Crippen LogP contribution in [-0.2, 0) is 6.54 Å². The molecule has 0 radical (unpaired) electrons. The molecule has 0 bridgehead atoms. The number of carbonyl (C=O) groups excluding carboxylic acids is 2. The first kappa shape index (κ1) is 16.0. The predicted molar refractivity (Wildman–Crippen MR) is 97.8 cm³/mol. The highest BCUT2D eigenvalue weighted by molar-refractivity contribution is 7.18. The molecule has 0 saturated heterocycles. The van der Waals surface area contributed by atoms with Crippen LogP contribution in [0, 0.1) is 6.92 Å². The van der Waals surface area contributed by atoms with Crippen LogP contribution in [0.15, 0.2) is 48.5 Å². The molecule has 126 valence electrons. The molecule has 0 spiro atoms. The molecule has 2 amide bonds. The number of nitrogens with zero attached hydrogens (tertiary/aromatic N) is 2. The number of rotatable bonds is 5. The summed E-state index contributed by atoms with van der Waals surface area (Å²) in [5.41, 5.74) is 2.31. The van der Waals surface area contributed by atoms with Gasteiger partial charge in [-0.25, -0.2) is 0 Å². The molecule has 0 fully saturated rings. The van der Waals surface area contributed by atoms with Crippen molar-refractivity contribution in [3.8, 4) is 0 Å². The Labute approximate surface area is 150 Å². The van der Waals surface area contributed by atoms with Crippen molar-refractivity contribution in [1.82, 2.24) is 4.90 Å². The lowest BCUT2D eigenvalue weighted by Crippen LogP contribution is -2.36. The van der Waals surface area contributed by atoms with Gasteiger partial charge in [-0.05, 0) is 24.6 Å². The Morgan fingerprint density at radius 3 is 2.28 bits per heavy atom. The Bertz CT molecular complexity index is 942. The zero-order valence-corrected chi connectivity index (χ0v) is 14.9. The van der Waals surface area contributed by atoms with E-state index in [0.29, 0.717) is 17.7 Å². The van der Waals surface area contributed by atoms with E-state index in [1.807, 2.05) is 0 Å². The van der Waals surface area contributed by atoms with Crippen molar-refractivity contribution in [2.24, 2.45) is 0 Å². The lowest BCUT2D eigenvalue weighted by molar-refractivity contribution is -0.673. The Morgan fingerprint density at radius 2 is 1.56 bits per heavy atom. The van der Waals surface area contributed by atoms with Crippen molar-refractivity contribution in [2.75, 3.05) is 6.54 Å². The number of imide groups is 1. The molecule has 5 heteroatoms. The first-order valence-corrected chi connectivity index (χ1v) is 9.31. The van der Waals surface area contributed by atoms with Gasteiger partial charge in [0.1, 0.15) is 11.2 Å². The van der Waals surface area contributed by atoms with Gasteiger partial charge in [0.05, 0.1) is 11.1 Å². The van der Waals surface area contributed by atoms with Crippen LogP contribution in [0.1, 0.15) is 38.6 Å². The van der Waals surface area contributed by atoms with E-state index in [-0.39, 0.29) is 11.8 Å². The largest absolute Gasteiger partial charge is 0.274 e. The van der Waals surface area contributed by atoms with Gasteiger partial charge in [-0.1, -0.05) is 35.6 Å². The molecule has 3 aromatic rings. The summed E-state index contributed by atoms with van der Waals surface area (Å²) in [6.07, 6.45) is 1.74.